The number of anilines is 1. The molecule has 0 fully saturated rings. The largest absolute Gasteiger partial charge is 0.324 e. The molecule has 0 spiro atoms. The van der Waals surface area contributed by atoms with Gasteiger partial charge in [0.1, 0.15) is 6.04 Å². The maximum absolute atomic E-state index is 11.7. The average molecular weight is 215 g/mol. The highest BCUT2D eigenvalue weighted by Gasteiger charge is 2.29. The number of hydrogen-bond donors (Lipinski definition) is 2. The summed E-state index contributed by atoms with van der Waals surface area (Å²) in [5.74, 6) is -0.0430. The highest BCUT2D eigenvalue weighted by atomic mass is 16.2. The third-order valence-electron chi connectivity index (χ3n) is 2.62. The Morgan fingerprint density at radius 1 is 1.56 bits per heavy atom. The van der Waals surface area contributed by atoms with Crippen molar-refractivity contribution in [3.05, 3.63) is 29.3 Å². The lowest BCUT2D eigenvalue weighted by Gasteiger charge is -2.09. The van der Waals surface area contributed by atoms with Gasteiger partial charge in [-0.05, 0) is 13.0 Å². The zero-order chi connectivity index (χ0) is 11.5. The summed E-state index contributed by atoms with van der Waals surface area (Å²) in [6.45, 7) is 2.53. The maximum Gasteiger partial charge on any atom is 0.246 e. The van der Waals surface area contributed by atoms with E-state index >= 15 is 0 Å². The minimum atomic E-state index is -0.316. The van der Waals surface area contributed by atoms with E-state index in [9.17, 15) is 4.79 Å². The molecule has 1 aliphatic heterocycles. The Kier molecular flexibility index (Phi) is 2.88. The van der Waals surface area contributed by atoms with Crippen LogP contribution >= 0.6 is 0 Å². The van der Waals surface area contributed by atoms with Crippen molar-refractivity contribution in [3.8, 4) is 6.07 Å². The molecule has 4 nitrogen and oxygen atoms in total. The molecule has 16 heavy (non-hydrogen) atoms. The maximum atomic E-state index is 11.7. The summed E-state index contributed by atoms with van der Waals surface area (Å²) in [5.41, 5.74) is 2.97. The molecule has 82 valence electrons. The zero-order valence-corrected chi connectivity index (χ0v) is 9.08. The summed E-state index contributed by atoms with van der Waals surface area (Å²) in [5, 5.41) is 14.4. The molecule has 1 atom stereocenters. The molecule has 0 radical (unpaired) electrons. The first-order valence-corrected chi connectivity index (χ1v) is 5.24. The van der Waals surface area contributed by atoms with Gasteiger partial charge >= 0.3 is 0 Å². The van der Waals surface area contributed by atoms with Crippen LogP contribution in [-0.2, 0) is 4.79 Å². The first-order valence-electron chi connectivity index (χ1n) is 5.24. The van der Waals surface area contributed by atoms with Gasteiger partial charge in [0.25, 0.3) is 0 Å². The number of carbonyl (C=O) groups excluding carboxylic acids is 1. The lowest BCUT2D eigenvalue weighted by Crippen LogP contribution is -2.28. The van der Waals surface area contributed by atoms with Crippen LogP contribution in [0.25, 0.3) is 0 Å². The predicted molar refractivity (Wildman–Crippen MR) is 60.8 cm³/mol. The van der Waals surface area contributed by atoms with Crippen LogP contribution in [0.1, 0.15) is 23.6 Å². The van der Waals surface area contributed by atoms with Gasteiger partial charge in [-0.2, -0.15) is 5.26 Å². The molecule has 1 aromatic rings. The van der Waals surface area contributed by atoms with Crippen molar-refractivity contribution in [2.24, 2.45) is 0 Å². The summed E-state index contributed by atoms with van der Waals surface area (Å²) < 4.78 is 0. The molecule has 0 bridgehead atoms. The number of benzene rings is 1. The Labute approximate surface area is 94.3 Å². The van der Waals surface area contributed by atoms with Crippen LogP contribution in [0, 0.1) is 18.3 Å². The van der Waals surface area contributed by atoms with E-state index < -0.39 is 0 Å². The van der Waals surface area contributed by atoms with E-state index in [2.05, 4.69) is 10.6 Å². The van der Waals surface area contributed by atoms with Gasteiger partial charge in [0.15, 0.2) is 0 Å². The molecule has 1 heterocycles. The highest BCUT2D eigenvalue weighted by Crippen LogP contribution is 2.31. The second-order valence-electron chi connectivity index (χ2n) is 3.88. The van der Waals surface area contributed by atoms with Crippen LogP contribution in [0.2, 0.25) is 0 Å². The Balaban J connectivity index is 2.18. The molecular formula is C12H13N3O. The summed E-state index contributed by atoms with van der Waals surface area (Å²) in [6, 6.07) is 7.61. The Morgan fingerprint density at radius 3 is 3.12 bits per heavy atom. The molecule has 1 amide bonds. The number of hydrogen-bond acceptors (Lipinski definition) is 3. The normalized spacial score (nSPS) is 17.8. The van der Waals surface area contributed by atoms with Gasteiger partial charge in [-0.1, -0.05) is 17.7 Å². The van der Waals surface area contributed by atoms with E-state index in [0.717, 1.165) is 16.8 Å². The van der Waals surface area contributed by atoms with Crippen LogP contribution in [0.15, 0.2) is 18.2 Å². The second kappa shape index (κ2) is 4.33. The number of nitrogens with zero attached hydrogens (tertiary/aromatic N) is 1. The summed E-state index contributed by atoms with van der Waals surface area (Å²) in [4.78, 5) is 11.7. The van der Waals surface area contributed by atoms with Gasteiger partial charge in [-0.15, -0.1) is 0 Å². The molecule has 1 aromatic carbocycles. The lowest BCUT2D eigenvalue weighted by atomic mass is 10.1. The topological polar surface area (TPSA) is 64.9 Å². The third-order valence-corrected chi connectivity index (χ3v) is 2.62. The van der Waals surface area contributed by atoms with Crippen molar-refractivity contribution in [3.63, 3.8) is 0 Å². The lowest BCUT2D eigenvalue weighted by molar-refractivity contribution is -0.117. The number of fused-ring (bicyclic) bond motifs is 1. The summed E-state index contributed by atoms with van der Waals surface area (Å²) >= 11 is 0. The fraction of sp³-hybridized carbons (Fsp3) is 0.333. The predicted octanol–water partition coefficient (Wildman–Crippen LogP) is 1.49. The molecule has 1 unspecified atom stereocenters. The van der Waals surface area contributed by atoms with Crippen molar-refractivity contribution in [2.75, 3.05) is 11.9 Å². The van der Waals surface area contributed by atoms with E-state index in [1.807, 2.05) is 31.2 Å². The quantitative estimate of drug-likeness (QED) is 0.751. The number of nitriles is 1. The number of nitrogens with one attached hydrogen (secondary N) is 2. The van der Waals surface area contributed by atoms with E-state index in [1.165, 1.54) is 0 Å². The fourth-order valence-electron chi connectivity index (χ4n) is 1.86. The monoisotopic (exact) mass is 215 g/mol. The van der Waals surface area contributed by atoms with Gasteiger partial charge in [0.05, 0.1) is 6.07 Å². The Morgan fingerprint density at radius 2 is 2.38 bits per heavy atom. The number of carbonyl (C=O) groups is 1. The summed E-state index contributed by atoms with van der Waals surface area (Å²) in [7, 11) is 0. The van der Waals surface area contributed by atoms with E-state index in [0.29, 0.717) is 13.0 Å². The second-order valence-corrected chi connectivity index (χ2v) is 3.88. The van der Waals surface area contributed by atoms with Gasteiger partial charge in [0.2, 0.25) is 5.91 Å². The number of aryl methyl sites for hydroxylation is 1. The zero-order valence-electron chi connectivity index (χ0n) is 9.08. The molecule has 2 N–H and O–H groups in total. The van der Waals surface area contributed by atoms with Crippen molar-refractivity contribution < 1.29 is 4.79 Å². The molecule has 0 aromatic heterocycles. The van der Waals surface area contributed by atoms with Gasteiger partial charge < -0.3 is 10.6 Å². The summed E-state index contributed by atoms with van der Waals surface area (Å²) in [6.07, 6.45) is 0.408. The number of amides is 1. The smallest absolute Gasteiger partial charge is 0.246 e. The van der Waals surface area contributed by atoms with Crippen molar-refractivity contribution in [1.82, 2.24) is 5.32 Å². The molecule has 0 saturated carbocycles. The highest BCUT2D eigenvalue weighted by molar-refractivity contribution is 6.02. The van der Waals surface area contributed by atoms with Crippen LogP contribution in [-0.4, -0.2) is 12.5 Å². The fourth-order valence-corrected chi connectivity index (χ4v) is 1.86. The molecule has 0 saturated heterocycles. The van der Waals surface area contributed by atoms with Crippen LogP contribution in [0.3, 0.4) is 0 Å². The molecule has 2 rings (SSSR count). The molecular weight excluding hydrogens is 202 g/mol. The van der Waals surface area contributed by atoms with Gasteiger partial charge in [0, 0.05) is 24.2 Å². The van der Waals surface area contributed by atoms with Gasteiger partial charge in [-0.3, -0.25) is 4.79 Å². The van der Waals surface area contributed by atoms with Gasteiger partial charge in [-0.25, -0.2) is 0 Å². The van der Waals surface area contributed by atoms with Crippen molar-refractivity contribution in [1.29, 1.82) is 5.26 Å². The Hall–Kier alpha value is -1.86. The van der Waals surface area contributed by atoms with Crippen LogP contribution in [0.4, 0.5) is 5.69 Å². The third kappa shape index (κ3) is 1.90. The first kappa shape index (κ1) is 10.7. The SMILES string of the molecule is Cc1ccc2c(c1)C(NCCC#N)C(=O)N2. The molecule has 1 aliphatic rings. The molecule has 0 aliphatic carbocycles. The van der Waals surface area contributed by atoms with Crippen LogP contribution in [0.5, 0.6) is 0 Å². The van der Waals surface area contributed by atoms with E-state index in [1.54, 1.807) is 0 Å². The average Bonchev–Trinajstić information content (AvgIpc) is 2.56. The first-order chi connectivity index (χ1) is 7.72. The van der Waals surface area contributed by atoms with E-state index in [4.69, 9.17) is 5.26 Å². The standard InChI is InChI=1S/C12H13N3O/c1-8-3-4-10-9(7-8)11(12(16)15-10)14-6-2-5-13/h3-4,7,11,14H,2,6H2,1H3,(H,15,16). The minimum absolute atomic E-state index is 0.0430. The number of rotatable bonds is 3. The molecule has 4 heteroatoms. The Bertz CT molecular complexity index is 462. The van der Waals surface area contributed by atoms with Crippen molar-refractivity contribution >= 4 is 11.6 Å². The van der Waals surface area contributed by atoms with E-state index in [-0.39, 0.29) is 11.9 Å². The minimum Gasteiger partial charge on any atom is -0.324 e. The van der Waals surface area contributed by atoms with Crippen LogP contribution < -0.4 is 10.6 Å². The van der Waals surface area contributed by atoms with Crippen molar-refractivity contribution in [2.45, 2.75) is 19.4 Å².